The maximum atomic E-state index is 12.6. The van der Waals surface area contributed by atoms with Crippen LogP contribution in [0.4, 0.5) is 0 Å². The van der Waals surface area contributed by atoms with Crippen LogP contribution in [0.15, 0.2) is 57.9 Å². The maximum Gasteiger partial charge on any atom is 0.338 e. The van der Waals surface area contributed by atoms with Crippen LogP contribution in [0.2, 0.25) is 0 Å². The highest BCUT2D eigenvalue weighted by molar-refractivity contribution is 7.89. The zero-order valence-corrected chi connectivity index (χ0v) is 15.6. The fourth-order valence-electron chi connectivity index (χ4n) is 2.71. The Morgan fingerprint density at radius 3 is 2.46 bits per heavy atom. The second kappa shape index (κ2) is 7.98. The molecular formula is C17H19N3O4S2. The summed E-state index contributed by atoms with van der Waals surface area (Å²) in [4.78, 5) is 18.1. The van der Waals surface area contributed by atoms with Crippen LogP contribution in [0, 0.1) is 5.92 Å². The second-order valence-electron chi connectivity index (χ2n) is 5.86. The minimum absolute atomic E-state index is 0.150. The fraction of sp³-hybridized carbons (Fsp3) is 0.294. The van der Waals surface area contributed by atoms with Crippen LogP contribution >= 0.6 is 11.3 Å². The zero-order chi connectivity index (χ0) is 18.6. The van der Waals surface area contributed by atoms with Gasteiger partial charge in [0.2, 0.25) is 10.0 Å². The van der Waals surface area contributed by atoms with Crippen molar-refractivity contribution in [2.45, 2.75) is 17.7 Å². The van der Waals surface area contributed by atoms with Crippen molar-refractivity contribution in [1.29, 1.82) is 0 Å². The first kappa shape index (κ1) is 18.6. The predicted octanol–water partition coefficient (Wildman–Crippen LogP) is 2.01. The first-order valence-electron chi connectivity index (χ1n) is 8.12. The minimum Gasteiger partial charge on any atom is -0.380 e. The van der Waals surface area contributed by atoms with E-state index in [4.69, 9.17) is 10.6 Å². The smallest absolute Gasteiger partial charge is 0.338 e. The molecule has 9 heteroatoms. The number of rotatable bonds is 5. The van der Waals surface area contributed by atoms with Gasteiger partial charge in [0, 0.05) is 13.1 Å². The van der Waals surface area contributed by atoms with Crippen molar-refractivity contribution in [1.82, 2.24) is 4.31 Å². The number of amidine groups is 1. The van der Waals surface area contributed by atoms with Crippen LogP contribution in [0.25, 0.3) is 0 Å². The average molecular weight is 393 g/mol. The van der Waals surface area contributed by atoms with Gasteiger partial charge in [-0.2, -0.15) is 4.31 Å². The summed E-state index contributed by atoms with van der Waals surface area (Å²) in [6, 6.07) is 11.9. The molecule has 0 unspecified atom stereocenters. The molecule has 2 heterocycles. The summed E-state index contributed by atoms with van der Waals surface area (Å²) in [7, 11) is -3.53. The molecule has 1 aliphatic rings. The highest BCUT2D eigenvalue weighted by Crippen LogP contribution is 2.24. The number of nitrogens with zero attached hydrogens (tertiary/aromatic N) is 2. The Bertz CT molecular complexity index is 872. The second-order valence-corrected chi connectivity index (χ2v) is 8.74. The van der Waals surface area contributed by atoms with Gasteiger partial charge in [0.05, 0.1) is 15.7 Å². The summed E-state index contributed by atoms with van der Waals surface area (Å²) < 4.78 is 26.6. The molecule has 0 aliphatic carbocycles. The van der Waals surface area contributed by atoms with Gasteiger partial charge in [0.15, 0.2) is 5.84 Å². The van der Waals surface area contributed by atoms with Crippen molar-refractivity contribution in [3.05, 3.63) is 52.7 Å². The Hall–Kier alpha value is -2.23. The van der Waals surface area contributed by atoms with Gasteiger partial charge in [-0.25, -0.2) is 13.2 Å². The third-order valence-electron chi connectivity index (χ3n) is 4.18. The van der Waals surface area contributed by atoms with Crippen molar-refractivity contribution < 1.29 is 18.0 Å². The van der Waals surface area contributed by atoms with Crippen molar-refractivity contribution in [2.75, 3.05) is 13.1 Å². The van der Waals surface area contributed by atoms with Gasteiger partial charge in [-0.3, -0.25) is 0 Å². The third kappa shape index (κ3) is 4.12. The Morgan fingerprint density at radius 2 is 1.85 bits per heavy atom. The number of carbonyl (C=O) groups is 1. The molecule has 7 nitrogen and oxygen atoms in total. The summed E-state index contributed by atoms with van der Waals surface area (Å²) in [5.41, 5.74) is 5.76. The predicted molar refractivity (Wildman–Crippen MR) is 99.1 cm³/mol. The number of thiophene rings is 1. The zero-order valence-electron chi connectivity index (χ0n) is 13.9. The largest absolute Gasteiger partial charge is 0.380 e. The number of hydrogen-bond donors (Lipinski definition) is 1. The van der Waals surface area contributed by atoms with Gasteiger partial charge in [-0.05, 0) is 36.4 Å². The molecule has 138 valence electrons. The molecule has 1 fully saturated rings. The number of oxime groups is 1. The molecule has 1 aromatic carbocycles. The summed E-state index contributed by atoms with van der Waals surface area (Å²) in [6.07, 6.45) is 0.776. The van der Waals surface area contributed by atoms with Crippen LogP contribution in [0.5, 0.6) is 0 Å². The monoisotopic (exact) mass is 393 g/mol. The first-order valence-corrected chi connectivity index (χ1v) is 10.4. The Kier molecular flexibility index (Phi) is 5.70. The minimum atomic E-state index is -3.53. The standard InChI is InChI=1S/C17H19N3O4S2/c18-16(15-7-4-12-25-15)19-24-17(21)13-8-10-20(11-9-13)26(22,23)14-5-2-1-3-6-14/h1-7,12-13H,8-11H2,(H2,18,19). The van der Waals surface area contributed by atoms with Gasteiger partial charge in [-0.1, -0.05) is 29.4 Å². The van der Waals surface area contributed by atoms with Gasteiger partial charge < -0.3 is 10.6 Å². The lowest BCUT2D eigenvalue weighted by molar-refractivity contribution is -0.149. The molecular weight excluding hydrogens is 374 g/mol. The van der Waals surface area contributed by atoms with E-state index >= 15 is 0 Å². The Labute approximate surface area is 156 Å². The maximum absolute atomic E-state index is 12.6. The number of piperidine rings is 1. The first-order chi connectivity index (χ1) is 12.5. The third-order valence-corrected chi connectivity index (χ3v) is 6.98. The van der Waals surface area contributed by atoms with Crippen LogP contribution in [0.3, 0.4) is 0 Å². The van der Waals surface area contributed by atoms with Crippen LogP contribution < -0.4 is 5.73 Å². The van der Waals surface area contributed by atoms with E-state index in [1.54, 1.807) is 36.4 Å². The molecule has 0 saturated carbocycles. The van der Waals surface area contributed by atoms with Crippen LogP contribution in [-0.2, 0) is 19.7 Å². The molecule has 26 heavy (non-hydrogen) atoms. The quantitative estimate of drug-likeness (QED) is 0.362. The highest BCUT2D eigenvalue weighted by Gasteiger charge is 2.33. The lowest BCUT2D eigenvalue weighted by atomic mass is 9.99. The number of nitrogens with two attached hydrogens (primary N) is 1. The molecule has 1 aromatic heterocycles. The van der Waals surface area contributed by atoms with Crippen LogP contribution in [-0.4, -0.2) is 37.6 Å². The van der Waals surface area contributed by atoms with Crippen molar-refractivity contribution in [2.24, 2.45) is 16.8 Å². The van der Waals surface area contributed by atoms with Gasteiger partial charge in [0.1, 0.15) is 0 Å². The molecule has 1 aliphatic heterocycles. The Balaban J connectivity index is 1.57. The molecule has 2 aromatic rings. The van der Waals surface area contributed by atoms with Crippen molar-refractivity contribution in [3.8, 4) is 0 Å². The summed E-state index contributed by atoms with van der Waals surface area (Å²) in [5.74, 6) is -0.726. The lowest BCUT2D eigenvalue weighted by Crippen LogP contribution is -2.40. The van der Waals surface area contributed by atoms with E-state index in [2.05, 4.69) is 5.16 Å². The van der Waals surface area contributed by atoms with E-state index in [-0.39, 0.29) is 23.8 Å². The SMILES string of the molecule is N/C(=N\OC(=O)C1CCN(S(=O)(=O)c2ccccc2)CC1)c1cccs1. The molecule has 3 rings (SSSR count). The molecule has 0 atom stereocenters. The molecule has 1 saturated heterocycles. The van der Waals surface area contributed by atoms with E-state index in [1.165, 1.54) is 15.6 Å². The van der Waals surface area contributed by atoms with E-state index in [9.17, 15) is 13.2 Å². The lowest BCUT2D eigenvalue weighted by Gasteiger charge is -2.29. The number of carbonyl (C=O) groups excluding carboxylic acids is 1. The van der Waals surface area contributed by atoms with E-state index in [0.717, 1.165) is 4.88 Å². The van der Waals surface area contributed by atoms with Crippen molar-refractivity contribution >= 4 is 33.2 Å². The normalized spacial score (nSPS) is 17.2. The fourth-order valence-corrected chi connectivity index (χ4v) is 4.82. The summed E-state index contributed by atoms with van der Waals surface area (Å²) in [6.45, 7) is 0.530. The van der Waals surface area contributed by atoms with Gasteiger partial charge in [-0.15, -0.1) is 11.3 Å². The summed E-state index contributed by atoms with van der Waals surface area (Å²) in [5, 5.41) is 5.53. The topological polar surface area (TPSA) is 102 Å². The number of hydrogen-bond acceptors (Lipinski definition) is 6. The summed E-state index contributed by atoms with van der Waals surface area (Å²) >= 11 is 1.40. The molecule has 0 amide bonds. The number of sulfonamides is 1. The average Bonchev–Trinajstić information content (AvgIpc) is 3.21. The molecule has 0 spiro atoms. The van der Waals surface area contributed by atoms with Gasteiger partial charge >= 0.3 is 5.97 Å². The van der Waals surface area contributed by atoms with E-state index < -0.39 is 21.9 Å². The Morgan fingerprint density at radius 1 is 1.15 bits per heavy atom. The van der Waals surface area contributed by atoms with Gasteiger partial charge in [0.25, 0.3) is 0 Å². The van der Waals surface area contributed by atoms with E-state index in [0.29, 0.717) is 12.8 Å². The number of benzene rings is 1. The molecule has 2 N–H and O–H groups in total. The molecule has 0 radical (unpaired) electrons. The van der Waals surface area contributed by atoms with Crippen LogP contribution in [0.1, 0.15) is 17.7 Å². The highest BCUT2D eigenvalue weighted by atomic mass is 32.2. The van der Waals surface area contributed by atoms with E-state index in [1.807, 2.05) is 11.4 Å². The molecule has 0 bridgehead atoms. The van der Waals surface area contributed by atoms with Crippen molar-refractivity contribution in [3.63, 3.8) is 0 Å².